The highest BCUT2D eigenvalue weighted by atomic mass is 16.5. The first-order chi connectivity index (χ1) is 13.1. The van der Waals surface area contributed by atoms with Gasteiger partial charge in [-0.25, -0.2) is 4.79 Å². The van der Waals surface area contributed by atoms with Crippen LogP contribution in [0.5, 0.6) is 0 Å². The van der Waals surface area contributed by atoms with Crippen LogP contribution >= 0.6 is 0 Å². The zero-order chi connectivity index (χ0) is 19.2. The van der Waals surface area contributed by atoms with E-state index in [4.69, 9.17) is 4.74 Å². The molecule has 4 nitrogen and oxygen atoms in total. The van der Waals surface area contributed by atoms with Gasteiger partial charge in [0.2, 0.25) is 0 Å². The molecule has 0 fully saturated rings. The van der Waals surface area contributed by atoms with Gasteiger partial charge in [0.25, 0.3) is 5.91 Å². The van der Waals surface area contributed by atoms with E-state index < -0.39 is 5.97 Å². The van der Waals surface area contributed by atoms with Crippen LogP contribution in [0.2, 0.25) is 0 Å². The van der Waals surface area contributed by atoms with Crippen LogP contribution in [0.15, 0.2) is 42.5 Å². The average Bonchev–Trinajstić information content (AvgIpc) is 2.70. The molecule has 0 saturated carbocycles. The molecule has 4 heteroatoms. The Morgan fingerprint density at radius 3 is 2.44 bits per heavy atom. The molecule has 1 N–H and O–H groups in total. The van der Waals surface area contributed by atoms with E-state index in [2.05, 4.69) is 5.32 Å². The van der Waals surface area contributed by atoms with Crippen LogP contribution in [0.3, 0.4) is 0 Å². The molecule has 2 aromatic rings. The fourth-order valence-electron chi connectivity index (χ4n) is 3.53. The molecule has 0 radical (unpaired) electrons. The van der Waals surface area contributed by atoms with Crippen molar-refractivity contribution in [3.8, 4) is 0 Å². The lowest BCUT2D eigenvalue weighted by atomic mass is 9.90. The topological polar surface area (TPSA) is 55.4 Å². The Balaban J connectivity index is 1.55. The van der Waals surface area contributed by atoms with E-state index in [9.17, 15) is 9.59 Å². The molecule has 3 rings (SSSR count). The standard InChI is InChI=1S/C23H27NO3/c1-3-21(18-10-8-16(2)9-11-18)24-22(25)15-27-23(26)20-13-12-17-6-4-5-7-19(17)14-20/h8-14,21H,3-7,15H2,1-2H3,(H,24,25)/t21-/m1/s1. The second kappa shape index (κ2) is 8.85. The zero-order valence-corrected chi connectivity index (χ0v) is 16.1. The minimum Gasteiger partial charge on any atom is -0.452 e. The SMILES string of the molecule is CC[C@@H](NC(=O)COC(=O)c1ccc2c(c1)CCCC2)c1ccc(C)cc1. The van der Waals surface area contributed by atoms with E-state index in [1.165, 1.54) is 23.1 Å². The van der Waals surface area contributed by atoms with Crippen LogP contribution < -0.4 is 5.32 Å². The third kappa shape index (κ3) is 4.97. The summed E-state index contributed by atoms with van der Waals surface area (Å²) in [6.07, 6.45) is 5.21. The van der Waals surface area contributed by atoms with Crippen LogP contribution in [0.25, 0.3) is 0 Å². The summed E-state index contributed by atoms with van der Waals surface area (Å²) < 4.78 is 5.23. The van der Waals surface area contributed by atoms with Crippen molar-refractivity contribution in [1.29, 1.82) is 0 Å². The molecule has 0 heterocycles. The predicted octanol–water partition coefficient (Wildman–Crippen LogP) is 4.30. The van der Waals surface area contributed by atoms with Gasteiger partial charge in [-0.05, 0) is 67.9 Å². The van der Waals surface area contributed by atoms with Crippen molar-refractivity contribution >= 4 is 11.9 Å². The van der Waals surface area contributed by atoms with E-state index >= 15 is 0 Å². The smallest absolute Gasteiger partial charge is 0.338 e. The highest BCUT2D eigenvalue weighted by molar-refractivity contribution is 5.91. The highest BCUT2D eigenvalue weighted by Gasteiger charge is 2.17. The number of amides is 1. The number of carbonyl (C=O) groups excluding carboxylic acids is 2. The quantitative estimate of drug-likeness (QED) is 0.777. The molecule has 1 aliphatic rings. The van der Waals surface area contributed by atoms with Crippen molar-refractivity contribution in [3.63, 3.8) is 0 Å². The van der Waals surface area contributed by atoms with E-state index in [0.29, 0.717) is 5.56 Å². The molecule has 1 amide bonds. The summed E-state index contributed by atoms with van der Waals surface area (Å²) in [5.74, 6) is -0.726. The fourth-order valence-corrected chi connectivity index (χ4v) is 3.53. The van der Waals surface area contributed by atoms with Crippen LogP contribution in [0.4, 0.5) is 0 Å². The van der Waals surface area contributed by atoms with Gasteiger partial charge in [-0.15, -0.1) is 0 Å². The molecule has 1 aliphatic carbocycles. The van der Waals surface area contributed by atoms with Crippen molar-refractivity contribution in [2.24, 2.45) is 0 Å². The van der Waals surface area contributed by atoms with Crippen molar-refractivity contribution < 1.29 is 14.3 Å². The van der Waals surface area contributed by atoms with E-state index in [1.807, 2.05) is 50.2 Å². The number of hydrogen-bond donors (Lipinski definition) is 1. The van der Waals surface area contributed by atoms with Gasteiger partial charge in [0.05, 0.1) is 11.6 Å². The fraction of sp³-hybridized carbons (Fsp3) is 0.391. The number of aryl methyl sites for hydroxylation is 3. The Bertz CT molecular complexity index is 811. The molecule has 0 saturated heterocycles. The number of nitrogens with one attached hydrogen (secondary N) is 1. The largest absolute Gasteiger partial charge is 0.452 e. The first kappa shape index (κ1) is 19.2. The third-order valence-electron chi connectivity index (χ3n) is 5.14. The summed E-state index contributed by atoms with van der Waals surface area (Å²) in [7, 11) is 0. The molecule has 1 atom stereocenters. The van der Waals surface area contributed by atoms with Crippen LogP contribution in [0, 0.1) is 6.92 Å². The summed E-state index contributed by atoms with van der Waals surface area (Å²) in [5, 5.41) is 2.94. The molecule has 27 heavy (non-hydrogen) atoms. The zero-order valence-electron chi connectivity index (χ0n) is 16.1. The summed E-state index contributed by atoms with van der Waals surface area (Å²) >= 11 is 0. The van der Waals surface area contributed by atoms with Gasteiger partial charge < -0.3 is 10.1 Å². The molecule has 142 valence electrons. The minimum absolute atomic E-state index is 0.0828. The first-order valence-corrected chi connectivity index (χ1v) is 9.71. The number of hydrogen-bond acceptors (Lipinski definition) is 3. The number of rotatable bonds is 6. The van der Waals surface area contributed by atoms with Gasteiger partial charge in [-0.1, -0.05) is 42.8 Å². The van der Waals surface area contributed by atoms with Crippen molar-refractivity contribution in [1.82, 2.24) is 5.32 Å². The molecule has 2 aromatic carbocycles. The molecular weight excluding hydrogens is 338 g/mol. The summed E-state index contributed by atoms with van der Waals surface area (Å²) in [4.78, 5) is 24.5. The summed E-state index contributed by atoms with van der Waals surface area (Å²) in [5.41, 5.74) is 5.30. The van der Waals surface area contributed by atoms with Gasteiger partial charge in [-0.3, -0.25) is 4.79 Å². The number of esters is 1. The Morgan fingerprint density at radius 2 is 1.74 bits per heavy atom. The highest BCUT2D eigenvalue weighted by Crippen LogP contribution is 2.22. The molecule has 0 unspecified atom stereocenters. The lowest BCUT2D eigenvalue weighted by molar-refractivity contribution is -0.125. The van der Waals surface area contributed by atoms with E-state index in [1.54, 1.807) is 6.07 Å². The lowest BCUT2D eigenvalue weighted by Crippen LogP contribution is -2.32. The molecular formula is C23H27NO3. The van der Waals surface area contributed by atoms with Crippen LogP contribution in [-0.4, -0.2) is 18.5 Å². The maximum absolute atomic E-state index is 12.3. The Labute approximate surface area is 160 Å². The van der Waals surface area contributed by atoms with Crippen LogP contribution in [0.1, 0.15) is 64.8 Å². The monoisotopic (exact) mass is 365 g/mol. The second-order valence-electron chi connectivity index (χ2n) is 7.21. The Kier molecular flexibility index (Phi) is 6.28. The first-order valence-electron chi connectivity index (χ1n) is 9.71. The van der Waals surface area contributed by atoms with Gasteiger partial charge >= 0.3 is 5.97 Å². The molecule has 0 aliphatic heterocycles. The Morgan fingerprint density at radius 1 is 1.04 bits per heavy atom. The number of carbonyl (C=O) groups is 2. The van der Waals surface area contributed by atoms with Crippen molar-refractivity contribution in [2.75, 3.05) is 6.61 Å². The van der Waals surface area contributed by atoms with Crippen molar-refractivity contribution in [2.45, 2.75) is 52.0 Å². The predicted molar refractivity (Wildman–Crippen MR) is 106 cm³/mol. The second-order valence-corrected chi connectivity index (χ2v) is 7.21. The normalized spacial score (nSPS) is 14.1. The minimum atomic E-state index is -0.443. The average molecular weight is 365 g/mol. The molecule has 0 spiro atoms. The van der Waals surface area contributed by atoms with Gasteiger partial charge in [0, 0.05) is 0 Å². The van der Waals surface area contributed by atoms with E-state index in [-0.39, 0.29) is 18.6 Å². The number of fused-ring (bicyclic) bond motifs is 1. The van der Waals surface area contributed by atoms with Crippen molar-refractivity contribution in [3.05, 3.63) is 70.3 Å². The maximum Gasteiger partial charge on any atom is 0.338 e. The molecule has 0 bridgehead atoms. The number of ether oxygens (including phenoxy) is 1. The lowest BCUT2D eigenvalue weighted by Gasteiger charge is -2.18. The van der Waals surface area contributed by atoms with Gasteiger partial charge in [0.15, 0.2) is 6.61 Å². The third-order valence-corrected chi connectivity index (χ3v) is 5.14. The van der Waals surface area contributed by atoms with Gasteiger partial charge in [0.1, 0.15) is 0 Å². The molecule has 0 aromatic heterocycles. The summed E-state index contributed by atoms with van der Waals surface area (Å²) in [6.45, 7) is 3.78. The summed E-state index contributed by atoms with van der Waals surface area (Å²) in [6, 6.07) is 13.7. The number of benzene rings is 2. The van der Waals surface area contributed by atoms with E-state index in [0.717, 1.165) is 31.2 Å². The maximum atomic E-state index is 12.3. The Hall–Kier alpha value is -2.62. The van der Waals surface area contributed by atoms with Gasteiger partial charge in [-0.2, -0.15) is 0 Å². The van der Waals surface area contributed by atoms with Crippen LogP contribution in [-0.2, 0) is 22.4 Å².